The molecule has 2 heterocycles. The number of hydrogen-bond donors (Lipinski definition) is 1. The number of rotatable bonds is 4. The second-order valence-electron chi connectivity index (χ2n) is 5.98. The number of thioether (sulfide) groups is 1. The number of aryl methyl sites for hydroxylation is 1. The minimum Gasteiger partial charge on any atom is -0.301 e. The molecule has 0 bridgehead atoms. The van der Waals surface area contributed by atoms with Crippen molar-refractivity contribution in [2.45, 2.75) is 17.8 Å². The van der Waals surface area contributed by atoms with E-state index in [9.17, 15) is 9.18 Å². The molecule has 3 nitrogen and oxygen atoms in total. The fourth-order valence-electron chi connectivity index (χ4n) is 2.68. The number of fused-ring (bicyclic) bond motifs is 1. The highest BCUT2D eigenvalue weighted by atomic mass is 32.2. The van der Waals surface area contributed by atoms with Gasteiger partial charge < -0.3 is 4.98 Å². The Morgan fingerprint density at radius 1 is 1.12 bits per heavy atom. The average Bonchev–Trinajstić information content (AvgIpc) is 3.06. The van der Waals surface area contributed by atoms with Gasteiger partial charge in [-0.1, -0.05) is 53.7 Å². The molecule has 0 aliphatic heterocycles. The summed E-state index contributed by atoms with van der Waals surface area (Å²) in [6, 6.07) is 14.5. The van der Waals surface area contributed by atoms with E-state index in [0.717, 1.165) is 21.5 Å². The topological polar surface area (TPSA) is 45.8 Å². The van der Waals surface area contributed by atoms with Crippen LogP contribution in [0.25, 0.3) is 21.3 Å². The maximum Gasteiger partial charge on any atom is 0.260 e. The summed E-state index contributed by atoms with van der Waals surface area (Å²) in [6.07, 6.45) is 0. The van der Waals surface area contributed by atoms with E-state index in [1.807, 2.05) is 36.6 Å². The van der Waals surface area contributed by atoms with Gasteiger partial charge in [0.05, 0.1) is 5.39 Å². The van der Waals surface area contributed by atoms with Crippen molar-refractivity contribution < 1.29 is 4.39 Å². The molecule has 0 amide bonds. The maximum atomic E-state index is 13.0. The van der Waals surface area contributed by atoms with Crippen LogP contribution in [0.15, 0.2) is 63.9 Å². The fourth-order valence-corrected chi connectivity index (χ4v) is 4.50. The molecule has 4 aromatic rings. The predicted molar refractivity (Wildman–Crippen MR) is 106 cm³/mol. The lowest BCUT2D eigenvalue weighted by Gasteiger charge is -2.03. The lowest BCUT2D eigenvalue weighted by atomic mass is 10.1. The van der Waals surface area contributed by atoms with Gasteiger partial charge in [-0.3, -0.25) is 4.79 Å². The van der Waals surface area contributed by atoms with Crippen molar-refractivity contribution >= 4 is 33.3 Å². The normalized spacial score (nSPS) is 11.2. The standard InChI is InChI=1S/C20H15FN2OS2/c1-12-2-6-14(7-3-12)16-11-25-19-17(16)18(24)22-20(23-19)26-10-13-4-8-15(21)9-5-13/h2-9,11H,10H2,1H3,(H,22,23,24). The smallest absolute Gasteiger partial charge is 0.260 e. The summed E-state index contributed by atoms with van der Waals surface area (Å²) < 4.78 is 13.0. The van der Waals surface area contributed by atoms with Gasteiger partial charge >= 0.3 is 0 Å². The number of nitrogens with one attached hydrogen (secondary N) is 1. The number of benzene rings is 2. The van der Waals surface area contributed by atoms with Crippen molar-refractivity contribution in [2.75, 3.05) is 0 Å². The molecular weight excluding hydrogens is 367 g/mol. The first kappa shape index (κ1) is 17.0. The number of thiophene rings is 1. The molecule has 0 aliphatic carbocycles. The van der Waals surface area contributed by atoms with Crippen LogP contribution in [0.4, 0.5) is 4.39 Å². The highest BCUT2D eigenvalue weighted by Crippen LogP contribution is 2.32. The molecule has 0 fully saturated rings. The van der Waals surface area contributed by atoms with Gasteiger partial charge in [0.15, 0.2) is 5.16 Å². The second-order valence-corrected chi connectivity index (χ2v) is 7.80. The first-order chi connectivity index (χ1) is 12.6. The van der Waals surface area contributed by atoms with E-state index in [-0.39, 0.29) is 11.4 Å². The first-order valence-electron chi connectivity index (χ1n) is 8.06. The molecule has 0 atom stereocenters. The number of halogens is 1. The van der Waals surface area contributed by atoms with E-state index in [1.165, 1.54) is 40.8 Å². The predicted octanol–water partition coefficient (Wildman–Crippen LogP) is 5.39. The van der Waals surface area contributed by atoms with Crippen LogP contribution in [0, 0.1) is 12.7 Å². The summed E-state index contributed by atoms with van der Waals surface area (Å²) in [4.78, 5) is 20.8. The molecule has 130 valence electrons. The molecule has 0 aliphatic rings. The fraction of sp³-hybridized carbons (Fsp3) is 0.100. The lowest BCUT2D eigenvalue weighted by molar-refractivity contribution is 0.627. The lowest BCUT2D eigenvalue weighted by Crippen LogP contribution is -2.08. The molecule has 1 N–H and O–H groups in total. The highest BCUT2D eigenvalue weighted by molar-refractivity contribution is 7.98. The molecule has 0 radical (unpaired) electrons. The zero-order valence-electron chi connectivity index (χ0n) is 14.0. The van der Waals surface area contributed by atoms with Crippen LogP contribution < -0.4 is 5.56 Å². The number of aromatic amines is 1. The number of H-pyrrole nitrogens is 1. The van der Waals surface area contributed by atoms with E-state index in [4.69, 9.17) is 0 Å². The van der Waals surface area contributed by atoms with Gasteiger partial charge in [0.25, 0.3) is 5.56 Å². The van der Waals surface area contributed by atoms with Gasteiger partial charge in [-0.2, -0.15) is 0 Å². The number of hydrogen-bond acceptors (Lipinski definition) is 4. The summed E-state index contributed by atoms with van der Waals surface area (Å²) >= 11 is 2.90. The van der Waals surface area contributed by atoms with Crippen molar-refractivity contribution in [2.24, 2.45) is 0 Å². The van der Waals surface area contributed by atoms with Crippen LogP contribution in [0.1, 0.15) is 11.1 Å². The molecular formula is C20H15FN2OS2. The molecule has 26 heavy (non-hydrogen) atoms. The van der Waals surface area contributed by atoms with Crippen LogP contribution >= 0.6 is 23.1 Å². The Morgan fingerprint density at radius 3 is 2.58 bits per heavy atom. The quantitative estimate of drug-likeness (QED) is 0.380. The molecule has 0 saturated heterocycles. The zero-order valence-corrected chi connectivity index (χ0v) is 15.6. The van der Waals surface area contributed by atoms with Gasteiger partial charge in [-0.25, -0.2) is 9.37 Å². The summed E-state index contributed by atoms with van der Waals surface area (Å²) in [5.41, 5.74) is 3.95. The Labute approximate surface area is 157 Å². The Kier molecular flexibility index (Phi) is 4.61. The van der Waals surface area contributed by atoms with Gasteiger partial charge in [-0.15, -0.1) is 11.3 Å². The summed E-state index contributed by atoms with van der Waals surface area (Å²) in [6.45, 7) is 2.04. The van der Waals surface area contributed by atoms with Gasteiger partial charge in [0.1, 0.15) is 10.6 Å². The summed E-state index contributed by atoms with van der Waals surface area (Å²) in [5, 5.41) is 3.18. The third-order valence-corrected chi connectivity index (χ3v) is 5.89. The van der Waals surface area contributed by atoms with E-state index >= 15 is 0 Å². The Bertz CT molecular complexity index is 1120. The van der Waals surface area contributed by atoms with Crippen molar-refractivity contribution in [1.82, 2.24) is 9.97 Å². The number of aromatic nitrogens is 2. The van der Waals surface area contributed by atoms with E-state index in [1.54, 1.807) is 12.1 Å². The third-order valence-electron chi connectivity index (χ3n) is 4.07. The Morgan fingerprint density at radius 2 is 1.85 bits per heavy atom. The number of nitrogens with zero attached hydrogens (tertiary/aromatic N) is 1. The molecule has 0 unspecified atom stereocenters. The Balaban J connectivity index is 1.64. The van der Waals surface area contributed by atoms with Gasteiger partial charge in [0, 0.05) is 16.7 Å². The van der Waals surface area contributed by atoms with Crippen molar-refractivity contribution in [3.05, 3.63) is 81.2 Å². The van der Waals surface area contributed by atoms with Crippen LogP contribution in [0.2, 0.25) is 0 Å². The third kappa shape index (κ3) is 3.43. The molecule has 4 rings (SSSR count). The summed E-state index contributed by atoms with van der Waals surface area (Å²) in [5.74, 6) is 0.360. The molecule has 0 spiro atoms. The summed E-state index contributed by atoms with van der Waals surface area (Å²) in [7, 11) is 0. The van der Waals surface area contributed by atoms with Crippen LogP contribution in [0.5, 0.6) is 0 Å². The molecule has 0 saturated carbocycles. The van der Waals surface area contributed by atoms with Crippen molar-refractivity contribution in [3.63, 3.8) is 0 Å². The van der Waals surface area contributed by atoms with Crippen LogP contribution in [-0.4, -0.2) is 9.97 Å². The van der Waals surface area contributed by atoms with Crippen LogP contribution in [0.3, 0.4) is 0 Å². The molecule has 2 aromatic heterocycles. The first-order valence-corrected chi connectivity index (χ1v) is 9.92. The maximum absolute atomic E-state index is 13.0. The van der Waals surface area contributed by atoms with Crippen LogP contribution in [-0.2, 0) is 5.75 Å². The van der Waals surface area contributed by atoms with Crippen molar-refractivity contribution in [1.29, 1.82) is 0 Å². The van der Waals surface area contributed by atoms with E-state index in [2.05, 4.69) is 9.97 Å². The van der Waals surface area contributed by atoms with Gasteiger partial charge in [0.2, 0.25) is 0 Å². The molecule has 6 heteroatoms. The zero-order chi connectivity index (χ0) is 18.1. The monoisotopic (exact) mass is 382 g/mol. The Hall–Kier alpha value is -2.44. The van der Waals surface area contributed by atoms with Crippen molar-refractivity contribution in [3.8, 4) is 11.1 Å². The largest absolute Gasteiger partial charge is 0.301 e. The second kappa shape index (κ2) is 7.05. The minimum atomic E-state index is -0.256. The van der Waals surface area contributed by atoms with E-state index < -0.39 is 0 Å². The minimum absolute atomic E-state index is 0.131. The van der Waals surface area contributed by atoms with Gasteiger partial charge in [-0.05, 0) is 30.2 Å². The molecule has 2 aromatic carbocycles. The average molecular weight is 382 g/mol. The van der Waals surface area contributed by atoms with E-state index in [0.29, 0.717) is 16.3 Å². The SMILES string of the molecule is Cc1ccc(-c2csc3nc(SCc4ccc(F)cc4)[nH]c(=O)c23)cc1. The highest BCUT2D eigenvalue weighted by Gasteiger charge is 2.13.